The van der Waals surface area contributed by atoms with E-state index in [2.05, 4.69) is 10.6 Å². The van der Waals surface area contributed by atoms with E-state index in [1.165, 1.54) is 31.9 Å². The molecule has 0 aliphatic carbocycles. The number of ether oxygens (including phenoxy) is 3. The second-order valence-corrected chi connectivity index (χ2v) is 9.33. The SMILES string of the molecule is COC(=O)[C@@H]1CSCc2cc(O)c(O)c(C)c2C(=O)OC[C@@H](NC(=O)OC(C)(C)C)C(=O)N1. The molecule has 1 aromatic carbocycles. The van der Waals surface area contributed by atoms with Gasteiger partial charge in [-0.1, -0.05) is 0 Å². The predicted molar refractivity (Wildman–Crippen MR) is 118 cm³/mol. The summed E-state index contributed by atoms with van der Waals surface area (Å²) in [6, 6.07) is -1.20. The third-order valence-electron chi connectivity index (χ3n) is 4.54. The third-order valence-corrected chi connectivity index (χ3v) is 5.63. The van der Waals surface area contributed by atoms with E-state index < -0.39 is 59.7 Å². The van der Waals surface area contributed by atoms with Crippen LogP contribution in [0.3, 0.4) is 0 Å². The van der Waals surface area contributed by atoms with Gasteiger partial charge in [0.1, 0.15) is 24.3 Å². The maximum Gasteiger partial charge on any atom is 0.408 e. The fraction of sp³-hybridized carbons (Fsp3) is 0.524. The summed E-state index contributed by atoms with van der Waals surface area (Å²) in [6.07, 6.45) is -0.922. The number of thioether (sulfide) groups is 1. The molecule has 2 atom stereocenters. The molecule has 0 radical (unpaired) electrons. The van der Waals surface area contributed by atoms with Crippen molar-refractivity contribution in [2.75, 3.05) is 19.5 Å². The average molecular weight is 485 g/mol. The molecule has 2 amide bonds. The molecule has 11 nitrogen and oxygen atoms in total. The molecule has 0 saturated carbocycles. The Labute approximate surface area is 195 Å². The number of amides is 2. The minimum atomic E-state index is -1.38. The topological polar surface area (TPSA) is 160 Å². The van der Waals surface area contributed by atoms with Gasteiger partial charge in [-0.3, -0.25) is 4.79 Å². The first-order valence-electron chi connectivity index (χ1n) is 10.0. The molecule has 0 fully saturated rings. The molecule has 0 saturated heterocycles. The highest BCUT2D eigenvalue weighted by atomic mass is 32.2. The molecule has 182 valence electrons. The summed E-state index contributed by atoms with van der Waals surface area (Å²) < 4.78 is 15.2. The summed E-state index contributed by atoms with van der Waals surface area (Å²) in [6.45, 7) is 5.77. The van der Waals surface area contributed by atoms with Gasteiger partial charge in [-0.2, -0.15) is 11.8 Å². The normalized spacial score (nSPS) is 19.7. The van der Waals surface area contributed by atoms with Crippen molar-refractivity contribution in [3.8, 4) is 11.5 Å². The first kappa shape index (κ1) is 26.1. The molecule has 0 bridgehead atoms. The number of rotatable bonds is 2. The van der Waals surface area contributed by atoms with E-state index in [9.17, 15) is 29.4 Å². The van der Waals surface area contributed by atoms with Gasteiger partial charge >= 0.3 is 18.0 Å². The van der Waals surface area contributed by atoms with Crippen LogP contribution in [0.1, 0.15) is 42.3 Å². The maximum absolute atomic E-state index is 12.8. The van der Waals surface area contributed by atoms with E-state index in [0.717, 1.165) is 0 Å². The van der Waals surface area contributed by atoms with Gasteiger partial charge in [-0.15, -0.1) is 0 Å². The summed E-state index contributed by atoms with van der Waals surface area (Å²) in [5.74, 6) is -2.98. The summed E-state index contributed by atoms with van der Waals surface area (Å²) in [4.78, 5) is 50.0. The molecule has 4 N–H and O–H groups in total. The lowest BCUT2D eigenvalue weighted by molar-refractivity contribution is -0.144. The van der Waals surface area contributed by atoms with Crippen LogP contribution in [0.5, 0.6) is 11.5 Å². The smallest absolute Gasteiger partial charge is 0.408 e. The van der Waals surface area contributed by atoms with Gasteiger partial charge in [-0.25, -0.2) is 14.4 Å². The Kier molecular flexibility index (Phi) is 8.42. The Morgan fingerprint density at radius 2 is 1.94 bits per heavy atom. The molecule has 12 heteroatoms. The molecule has 1 aromatic rings. The molecular formula is C21H28N2O9S. The highest BCUT2D eigenvalue weighted by molar-refractivity contribution is 7.98. The van der Waals surface area contributed by atoms with Crippen LogP contribution in [0.25, 0.3) is 0 Å². The number of benzene rings is 1. The Morgan fingerprint density at radius 1 is 1.27 bits per heavy atom. The molecule has 1 aliphatic heterocycles. The maximum atomic E-state index is 12.8. The minimum absolute atomic E-state index is 0.0180. The van der Waals surface area contributed by atoms with Crippen molar-refractivity contribution in [3.05, 3.63) is 22.8 Å². The number of methoxy groups -OCH3 is 1. The number of fused-ring (bicyclic) bond motifs is 1. The van der Waals surface area contributed by atoms with Crippen LogP contribution in [-0.4, -0.2) is 71.3 Å². The number of phenolic OH excluding ortho intramolecular Hbond substituents is 2. The van der Waals surface area contributed by atoms with Gasteiger partial charge in [0, 0.05) is 17.1 Å². The number of carbonyl (C=O) groups is 4. The van der Waals surface area contributed by atoms with Gasteiger partial charge in [0.05, 0.1) is 12.7 Å². The molecular weight excluding hydrogens is 456 g/mol. The zero-order chi connectivity index (χ0) is 24.9. The fourth-order valence-electron chi connectivity index (χ4n) is 2.99. The molecule has 0 spiro atoms. The standard InChI is InChI=1S/C21H28N2O9S/c1-10-15-11(6-14(24)16(10)25)8-33-9-13(18(27)30-5)22-17(26)12(7-31-19(15)28)23-20(29)32-21(2,3)4/h6,12-13,24-25H,7-9H2,1-5H3,(H,22,26)(H,23,29)/t12-,13+/m1/s1. The van der Waals surface area contributed by atoms with Crippen LogP contribution in [0.4, 0.5) is 4.79 Å². The zero-order valence-electron chi connectivity index (χ0n) is 19.0. The lowest BCUT2D eigenvalue weighted by Gasteiger charge is -2.25. The van der Waals surface area contributed by atoms with Crippen LogP contribution < -0.4 is 10.6 Å². The molecule has 1 heterocycles. The quantitative estimate of drug-likeness (QED) is 0.274. The van der Waals surface area contributed by atoms with E-state index in [1.54, 1.807) is 20.8 Å². The summed E-state index contributed by atoms with van der Waals surface area (Å²) in [5.41, 5.74) is -0.365. The van der Waals surface area contributed by atoms with E-state index in [-0.39, 0.29) is 22.6 Å². The van der Waals surface area contributed by atoms with Gasteiger partial charge in [0.15, 0.2) is 11.5 Å². The number of esters is 2. The van der Waals surface area contributed by atoms with Crippen LogP contribution in [0.2, 0.25) is 0 Å². The van der Waals surface area contributed by atoms with Crippen LogP contribution >= 0.6 is 11.8 Å². The number of hydrogen-bond acceptors (Lipinski definition) is 10. The lowest BCUT2D eigenvalue weighted by atomic mass is 10.0. The number of nitrogens with one attached hydrogen (secondary N) is 2. The van der Waals surface area contributed by atoms with Crippen LogP contribution in [-0.2, 0) is 29.6 Å². The Balaban J connectivity index is 2.41. The van der Waals surface area contributed by atoms with Gasteiger partial charge in [0.25, 0.3) is 0 Å². The molecule has 1 aliphatic rings. The van der Waals surface area contributed by atoms with Crippen molar-refractivity contribution < 1.29 is 43.6 Å². The number of cyclic esters (lactones) is 1. The average Bonchev–Trinajstić information content (AvgIpc) is 2.71. The van der Waals surface area contributed by atoms with Gasteiger partial charge in [-0.05, 0) is 39.3 Å². The monoisotopic (exact) mass is 484 g/mol. The minimum Gasteiger partial charge on any atom is -0.504 e. The van der Waals surface area contributed by atoms with Gasteiger partial charge < -0.3 is 35.1 Å². The van der Waals surface area contributed by atoms with Crippen molar-refractivity contribution >= 4 is 35.7 Å². The highest BCUT2D eigenvalue weighted by Crippen LogP contribution is 2.35. The van der Waals surface area contributed by atoms with E-state index in [1.807, 2.05) is 0 Å². The van der Waals surface area contributed by atoms with Crippen molar-refractivity contribution in [2.45, 2.75) is 51.1 Å². The van der Waals surface area contributed by atoms with E-state index >= 15 is 0 Å². The van der Waals surface area contributed by atoms with E-state index in [4.69, 9.17) is 14.2 Å². The number of hydrogen-bond donors (Lipinski definition) is 4. The molecule has 0 aromatic heterocycles. The molecule has 0 unspecified atom stereocenters. The number of carbonyl (C=O) groups excluding carboxylic acids is 4. The van der Waals surface area contributed by atoms with Crippen molar-refractivity contribution in [3.63, 3.8) is 0 Å². The number of phenols is 2. The van der Waals surface area contributed by atoms with E-state index in [0.29, 0.717) is 5.56 Å². The first-order valence-corrected chi connectivity index (χ1v) is 11.2. The lowest BCUT2D eigenvalue weighted by Crippen LogP contribution is -2.55. The van der Waals surface area contributed by atoms with Crippen LogP contribution in [0, 0.1) is 6.92 Å². The molecule has 33 heavy (non-hydrogen) atoms. The van der Waals surface area contributed by atoms with Crippen molar-refractivity contribution in [1.29, 1.82) is 0 Å². The number of aromatic hydroxyl groups is 2. The second-order valence-electron chi connectivity index (χ2n) is 8.30. The number of alkyl carbamates (subject to hydrolysis) is 1. The first-order chi connectivity index (χ1) is 15.3. The largest absolute Gasteiger partial charge is 0.504 e. The second kappa shape index (κ2) is 10.6. The highest BCUT2D eigenvalue weighted by Gasteiger charge is 2.32. The zero-order valence-corrected chi connectivity index (χ0v) is 19.8. The Bertz CT molecular complexity index is 943. The Hall–Kier alpha value is -3.15. The Morgan fingerprint density at radius 3 is 2.55 bits per heavy atom. The summed E-state index contributed by atoms with van der Waals surface area (Å²) >= 11 is 1.18. The van der Waals surface area contributed by atoms with Crippen molar-refractivity contribution in [1.82, 2.24) is 10.6 Å². The fourth-order valence-corrected chi connectivity index (χ4v) is 4.01. The van der Waals surface area contributed by atoms with Gasteiger partial charge in [0.2, 0.25) is 5.91 Å². The summed E-state index contributed by atoms with van der Waals surface area (Å²) in [7, 11) is 1.17. The summed E-state index contributed by atoms with van der Waals surface area (Å²) in [5, 5.41) is 24.9. The third kappa shape index (κ3) is 6.91. The molecule has 2 rings (SSSR count). The van der Waals surface area contributed by atoms with Crippen molar-refractivity contribution in [2.24, 2.45) is 0 Å². The van der Waals surface area contributed by atoms with Crippen LogP contribution in [0.15, 0.2) is 6.07 Å². The predicted octanol–water partition coefficient (Wildman–Crippen LogP) is 1.36.